The van der Waals surface area contributed by atoms with Crippen LogP contribution < -0.4 is 14.2 Å². The number of hydrogen-bond donors (Lipinski definition) is 1. The van der Waals surface area contributed by atoms with Crippen LogP contribution in [0.1, 0.15) is 5.56 Å². The van der Waals surface area contributed by atoms with Crippen molar-refractivity contribution >= 4 is 23.2 Å². The summed E-state index contributed by atoms with van der Waals surface area (Å²) in [7, 11) is 4.60. The van der Waals surface area contributed by atoms with E-state index in [-0.39, 0.29) is 6.42 Å². The molecule has 0 unspecified atom stereocenters. The predicted octanol–water partition coefficient (Wildman–Crippen LogP) is 1.96. The predicted molar refractivity (Wildman–Crippen MR) is 93.8 cm³/mol. The maximum atomic E-state index is 11.4. The van der Waals surface area contributed by atoms with Gasteiger partial charge >= 0.3 is 0 Å². The first-order chi connectivity index (χ1) is 12.6. The van der Waals surface area contributed by atoms with E-state index in [9.17, 15) is 9.59 Å². The number of methoxy groups -OCH3 is 3. The van der Waals surface area contributed by atoms with Crippen molar-refractivity contribution in [1.82, 2.24) is 15.0 Å². The lowest BCUT2D eigenvalue weighted by Gasteiger charge is -2.13. The Kier molecular flexibility index (Phi) is 4.83. The van der Waals surface area contributed by atoms with E-state index in [4.69, 9.17) is 14.2 Å². The zero-order chi connectivity index (χ0) is 18.7. The molecular formula is C18H17N3O5. The molecule has 0 radical (unpaired) electrons. The Morgan fingerprint density at radius 2 is 1.85 bits per heavy atom. The van der Waals surface area contributed by atoms with E-state index in [1.165, 1.54) is 21.3 Å². The fourth-order valence-corrected chi connectivity index (χ4v) is 2.67. The molecule has 8 nitrogen and oxygen atoms in total. The number of hydrogen-bond acceptors (Lipinski definition) is 7. The number of rotatable bonds is 7. The summed E-state index contributed by atoms with van der Waals surface area (Å²) in [5.41, 5.74) is 2.96. The highest BCUT2D eigenvalue weighted by Crippen LogP contribution is 2.40. The summed E-state index contributed by atoms with van der Waals surface area (Å²) in [5, 5.41) is 0. The Balaban J connectivity index is 2.11. The number of ether oxygens (including phenoxy) is 3. The molecule has 2 heterocycles. The number of aromatic amines is 1. The first-order valence-corrected chi connectivity index (χ1v) is 7.72. The maximum Gasteiger partial charge on any atom is 0.203 e. The fraction of sp³-hybridized carbons (Fsp3) is 0.222. The summed E-state index contributed by atoms with van der Waals surface area (Å²) < 4.78 is 16.0. The van der Waals surface area contributed by atoms with E-state index in [1.54, 1.807) is 24.5 Å². The number of aromatic nitrogens is 3. The van der Waals surface area contributed by atoms with Gasteiger partial charge in [0.25, 0.3) is 0 Å². The van der Waals surface area contributed by atoms with Crippen LogP contribution in [0.5, 0.6) is 17.2 Å². The molecule has 2 aromatic heterocycles. The number of benzene rings is 1. The second kappa shape index (κ2) is 7.22. The number of nitrogens with zero attached hydrogens (tertiary/aromatic N) is 2. The smallest absolute Gasteiger partial charge is 0.203 e. The minimum atomic E-state index is -0.522. The highest BCUT2D eigenvalue weighted by Gasteiger charge is 2.16. The molecule has 0 bridgehead atoms. The van der Waals surface area contributed by atoms with Crippen molar-refractivity contribution in [2.24, 2.45) is 0 Å². The van der Waals surface area contributed by atoms with Crippen LogP contribution in [-0.2, 0) is 16.0 Å². The van der Waals surface area contributed by atoms with Crippen LogP contribution in [0.4, 0.5) is 0 Å². The molecule has 0 aliphatic carbocycles. The van der Waals surface area contributed by atoms with E-state index in [2.05, 4.69) is 15.0 Å². The van der Waals surface area contributed by atoms with Gasteiger partial charge in [-0.15, -0.1) is 0 Å². The summed E-state index contributed by atoms with van der Waals surface area (Å²) in [6.45, 7) is 0. The topological polar surface area (TPSA) is 103 Å². The normalized spacial score (nSPS) is 10.6. The van der Waals surface area contributed by atoms with Crippen molar-refractivity contribution in [3.05, 3.63) is 30.1 Å². The van der Waals surface area contributed by atoms with Crippen LogP contribution >= 0.6 is 0 Å². The van der Waals surface area contributed by atoms with Crippen LogP contribution in [0, 0.1) is 0 Å². The van der Waals surface area contributed by atoms with Crippen molar-refractivity contribution in [3.8, 4) is 28.5 Å². The molecule has 0 aliphatic rings. The molecule has 0 saturated heterocycles. The van der Waals surface area contributed by atoms with Gasteiger partial charge in [0, 0.05) is 23.7 Å². The molecule has 26 heavy (non-hydrogen) atoms. The average Bonchev–Trinajstić information content (AvgIpc) is 3.08. The number of Topliss-reactive ketones (excluding diaryl/α,β-unsaturated/α-hetero) is 1. The van der Waals surface area contributed by atoms with Gasteiger partial charge in [0.15, 0.2) is 29.2 Å². The van der Waals surface area contributed by atoms with Gasteiger partial charge in [0.05, 0.1) is 33.2 Å². The zero-order valence-corrected chi connectivity index (χ0v) is 14.5. The van der Waals surface area contributed by atoms with Crippen LogP contribution in [-0.4, -0.2) is 48.4 Å². The van der Waals surface area contributed by atoms with Crippen molar-refractivity contribution in [2.45, 2.75) is 6.42 Å². The molecule has 0 aliphatic heterocycles. The van der Waals surface area contributed by atoms with Crippen molar-refractivity contribution in [3.63, 3.8) is 0 Å². The third kappa shape index (κ3) is 3.08. The molecule has 134 valence electrons. The van der Waals surface area contributed by atoms with Crippen molar-refractivity contribution < 1.29 is 23.8 Å². The van der Waals surface area contributed by atoms with E-state index in [0.29, 0.717) is 51.5 Å². The van der Waals surface area contributed by atoms with Gasteiger partial charge < -0.3 is 19.2 Å². The molecule has 0 atom stereocenters. The lowest BCUT2D eigenvalue weighted by molar-refractivity contribution is -0.129. The van der Waals surface area contributed by atoms with E-state index in [1.807, 2.05) is 0 Å². The van der Waals surface area contributed by atoms with Crippen LogP contribution in [0.2, 0.25) is 0 Å². The number of H-pyrrole nitrogens is 1. The van der Waals surface area contributed by atoms with Crippen molar-refractivity contribution in [1.29, 1.82) is 0 Å². The third-order valence-electron chi connectivity index (χ3n) is 3.92. The lowest BCUT2D eigenvalue weighted by atomic mass is 10.1. The average molecular weight is 355 g/mol. The van der Waals surface area contributed by atoms with Gasteiger partial charge in [-0.25, -0.2) is 9.97 Å². The quantitative estimate of drug-likeness (QED) is 0.510. The summed E-state index contributed by atoms with van der Waals surface area (Å²) in [6, 6.07) is 3.53. The summed E-state index contributed by atoms with van der Waals surface area (Å²) >= 11 is 0. The second-order valence-corrected chi connectivity index (χ2v) is 5.44. The van der Waals surface area contributed by atoms with Crippen LogP contribution in [0.25, 0.3) is 22.4 Å². The summed E-state index contributed by atoms with van der Waals surface area (Å²) in [4.78, 5) is 33.9. The van der Waals surface area contributed by atoms with Crippen LogP contribution in [0.15, 0.2) is 24.5 Å². The van der Waals surface area contributed by atoms with E-state index < -0.39 is 5.78 Å². The Hall–Kier alpha value is -3.42. The number of ketones is 1. The Labute approximate surface area is 149 Å². The third-order valence-corrected chi connectivity index (χ3v) is 3.92. The minimum absolute atomic E-state index is 0.0309. The van der Waals surface area contributed by atoms with Gasteiger partial charge in [0.2, 0.25) is 5.75 Å². The van der Waals surface area contributed by atoms with E-state index in [0.717, 1.165) is 0 Å². The Morgan fingerprint density at radius 1 is 1.15 bits per heavy atom. The second-order valence-electron chi connectivity index (χ2n) is 5.44. The zero-order valence-electron chi connectivity index (χ0n) is 14.5. The number of carbonyl (C=O) groups is 2. The van der Waals surface area contributed by atoms with Gasteiger partial charge in [-0.2, -0.15) is 0 Å². The van der Waals surface area contributed by atoms with Gasteiger partial charge in [-0.3, -0.25) is 9.59 Å². The number of carbonyl (C=O) groups excluding carboxylic acids is 2. The Bertz CT molecular complexity index is 955. The summed E-state index contributed by atoms with van der Waals surface area (Å²) in [5.74, 6) is 0.945. The number of nitrogens with one attached hydrogen (secondary N) is 1. The first kappa shape index (κ1) is 17.4. The largest absolute Gasteiger partial charge is 0.493 e. The molecule has 0 spiro atoms. The molecule has 0 fully saturated rings. The molecule has 0 amide bonds. The SMILES string of the molecule is COc1cc(-c2cnc3[nH]cc(CC(=O)C=O)c3n2)cc(OC)c1OC. The monoisotopic (exact) mass is 355 g/mol. The standard InChI is InChI=1S/C18H17N3O5/c1-24-14-5-10(6-15(25-2)17(14)26-3)13-8-20-18-16(21-13)11(7-19-18)4-12(23)9-22/h5-9H,4H2,1-3H3,(H,19,20). The maximum absolute atomic E-state index is 11.4. The van der Waals surface area contributed by atoms with Crippen molar-refractivity contribution in [2.75, 3.05) is 21.3 Å². The molecule has 1 aromatic carbocycles. The highest BCUT2D eigenvalue weighted by molar-refractivity contribution is 6.25. The first-order valence-electron chi connectivity index (χ1n) is 7.72. The molecule has 3 rings (SSSR count). The van der Waals surface area contributed by atoms with Gasteiger partial charge in [-0.1, -0.05) is 0 Å². The van der Waals surface area contributed by atoms with Gasteiger partial charge in [0.1, 0.15) is 5.52 Å². The number of aldehydes is 1. The van der Waals surface area contributed by atoms with E-state index >= 15 is 0 Å². The lowest BCUT2D eigenvalue weighted by Crippen LogP contribution is -2.03. The summed E-state index contributed by atoms with van der Waals surface area (Å²) in [6.07, 6.45) is 3.50. The van der Waals surface area contributed by atoms with Crippen LogP contribution in [0.3, 0.4) is 0 Å². The molecule has 8 heteroatoms. The molecule has 0 saturated carbocycles. The Morgan fingerprint density at radius 3 is 2.42 bits per heavy atom. The van der Waals surface area contributed by atoms with Gasteiger partial charge in [-0.05, 0) is 12.1 Å². The number of fused-ring (bicyclic) bond motifs is 1. The molecular weight excluding hydrogens is 338 g/mol. The fourth-order valence-electron chi connectivity index (χ4n) is 2.67. The highest BCUT2D eigenvalue weighted by atomic mass is 16.5. The molecule has 3 aromatic rings. The minimum Gasteiger partial charge on any atom is -0.493 e. The molecule has 1 N–H and O–H groups in total.